The summed E-state index contributed by atoms with van der Waals surface area (Å²) in [5.74, 6) is -0.173. The number of imidazole rings is 1. The van der Waals surface area contributed by atoms with Crippen LogP contribution in [0, 0.1) is 6.92 Å². The van der Waals surface area contributed by atoms with Crippen molar-refractivity contribution in [3.05, 3.63) is 64.5 Å². The first-order chi connectivity index (χ1) is 9.65. The van der Waals surface area contributed by atoms with Crippen molar-refractivity contribution >= 4 is 33.2 Å². The number of pyridine rings is 1. The number of benzene rings is 1. The molecule has 0 bridgehead atoms. The van der Waals surface area contributed by atoms with Crippen LogP contribution in [0.3, 0.4) is 0 Å². The predicted molar refractivity (Wildman–Crippen MR) is 82.0 cm³/mol. The molecule has 5 heteroatoms. The second kappa shape index (κ2) is 5.09. The van der Waals surface area contributed by atoms with Crippen LogP contribution in [-0.2, 0) is 0 Å². The average molecular weight is 330 g/mol. The van der Waals surface area contributed by atoms with Gasteiger partial charge in [0.25, 0.3) is 5.91 Å². The van der Waals surface area contributed by atoms with E-state index in [0.29, 0.717) is 11.2 Å². The molecule has 0 unspecified atom stereocenters. The van der Waals surface area contributed by atoms with Crippen molar-refractivity contribution in [1.82, 2.24) is 9.38 Å². The van der Waals surface area contributed by atoms with E-state index in [2.05, 4.69) is 26.2 Å². The van der Waals surface area contributed by atoms with Crippen LogP contribution in [0.15, 0.2) is 53.3 Å². The molecule has 1 aromatic carbocycles. The Bertz CT molecular complexity index is 795. The minimum absolute atomic E-state index is 0.173. The molecule has 1 amide bonds. The minimum atomic E-state index is -0.173. The first kappa shape index (κ1) is 12.9. The van der Waals surface area contributed by atoms with Crippen LogP contribution in [0.5, 0.6) is 0 Å². The fraction of sp³-hybridized carbons (Fsp3) is 0.0667. The van der Waals surface area contributed by atoms with Gasteiger partial charge in [-0.1, -0.05) is 12.1 Å². The molecule has 0 aliphatic carbocycles. The Kier molecular flexibility index (Phi) is 3.28. The maximum atomic E-state index is 12.4. The number of carbonyl (C=O) groups is 1. The molecule has 2 aromatic heterocycles. The molecule has 0 fully saturated rings. The number of hydrogen-bond donors (Lipinski definition) is 1. The first-order valence-electron chi connectivity index (χ1n) is 6.15. The van der Waals surface area contributed by atoms with Crippen molar-refractivity contribution in [2.45, 2.75) is 6.92 Å². The van der Waals surface area contributed by atoms with Crippen molar-refractivity contribution in [2.24, 2.45) is 0 Å². The Balaban J connectivity index is 1.99. The van der Waals surface area contributed by atoms with E-state index in [1.54, 1.807) is 6.07 Å². The van der Waals surface area contributed by atoms with Gasteiger partial charge in [-0.3, -0.25) is 4.79 Å². The highest BCUT2D eigenvalue weighted by Crippen LogP contribution is 2.22. The van der Waals surface area contributed by atoms with Crippen molar-refractivity contribution < 1.29 is 4.79 Å². The largest absolute Gasteiger partial charge is 0.321 e. The summed E-state index contributed by atoms with van der Waals surface area (Å²) in [5, 5.41) is 2.89. The summed E-state index contributed by atoms with van der Waals surface area (Å²) >= 11 is 3.42. The second-order valence-electron chi connectivity index (χ2n) is 4.47. The number of nitrogens with one attached hydrogen (secondary N) is 1. The van der Waals surface area contributed by atoms with E-state index in [1.165, 1.54) is 0 Å². The lowest BCUT2D eigenvalue weighted by Gasteiger charge is -2.07. The summed E-state index contributed by atoms with van der Waals surface area (Å²) in [5.41, 5.74) is 2.83. The lowest BCUT2D eigenvalue weighted by Crippen LogP contribution is -2.13. The molecule has 2 heterocycles. The van der Waals surface area contributed by atoms with Crippen LogP contribution >= 0.6 is 15.9 Å². The molecule has 20 heavy (non-hydrogen) atoms. The zero-order chi connectivity index (χ0) is 14.1. The number of aromatic nitrogens is 2. The maximum absolute atomic E-state index is 12.4. The van der Waals surface area contributed by atoms with Crippen molar-refractivity contribution in [2.75, 3.05) is 5.32 Å². The second-order valence-corrected chi connectivity index (χ2v) is 5.32. The Morgan fingerprint density at radius 3 is 2.85 bits per heavy atom. The van der Waals surface area contributed by atoms with Crippen molar-refractivity contribution in [1.29, 1.82) is 0 Å². The topological polar surface area (TPSA) is 46.4 Å². The van der Waals surface area contributed by atoms with Gasteiger partial charge in [0.1, 0.15) is 5.65 Å². The Labute approximate surface area is 124 Å². The summed E-state index contributed by atoms with van der Waals surface area (Å²) < 4.78 is 2.70. The van der Waals surface area contributed by atoms with Gasteiger partial charge < -0.3 is 9.72 Å². The van der Waals surface area contributed by atoms with Crippen molar-refractivity contribution in [3.8, 4) is 0 Å². The van der Waals surface area contributed by atoms with Crippen LogP contribution in [0.1, 0.15) is 16.1 Å². The molecular weight excluding hydrogens is 318 g/mol. The molecular formula is C15H12BrN3O. The zero-order valence-electron chi connectivity index (χ0n) is 10.8. The van der Waals surface area contributed by atoms with Crippen LogP contribution < -0.4 is 5.32 Å². The van der Waals surface area contributed by atoms with Gasteiger partial charge in [0.05, 0.1) is 16.9 Å². The van der Waals surface area contributed by atoms with E-state index >= 15 is 0 Å². The number of aryl methyl sites for hydroxylation is 1. The van der Waals surface area contributed by atoms with Crippen LogP contribution in [0.2, 0.25) is 0 Å². The van der Waals surface area contributed by atoms with Gasteiger partial charge in [0.15, 0.2) is 0 Å². The summed E-state index contributed by atoms with van der Waals surface area (Å²) in [7, 11) is 0. The molecule has 0 saturated heterocycles. The minimum Gasteiger partial charge on any atom is -0.321 e. The molecule has 0 saturated carbocycles. The molecule has 1 N–H and O–H groups in total. The van der Waals surface area contributed by atoms with E-state index in [0.717, 1.165) is 15.9 Å². The lowest BCUT2D eigenvalue weighted by molar-refractivity contribution is 0.102. The third-order valence-electron chi connectivity index (χ3n) is 2.97. The molecule has 0 spiro atoms. The van der Waals surface area contributed by atoms with E-state index < -0.39 is 0 Å². The molecule has 0 aliphatic heterocycles. The number of hydrogen-bond acceptors (Lipinski definition) is 2. The number of carbonyl (C=O) groups excluding carboxylic acids is 1. The van der Waals surface area contributed by atoms with E-state index in [9.17, 15) is 4.79 Å². The van der Waals surface area contributed by atoms with Crippen LogP contribution in [0.25, 0.3) is 5.65 Å². The van der Waals surface area contributed by atoms with Gasteiger partial charge in [-0.2, -0.15) is 0 Å². The molecule has 4 nitrogen and oxygen atoms in total. The lowest BCUT2D eigenvalue weighted by atomic mass is 10.2. The van der Waals surface area contributed by atoms with Gasteiger partial charge in [0, 0.05) is 16.9 Å². The first-order valence-corrected chi connectivity index (χ1v) is 6.94. The standard InChI is InChI=1S/C15H12BrN3O/c1-10-9-19-8-4-5-11(14(19)17-10)15(20)18-13-7-3-2-6-12(13)16/h2-9H,1H3,(H,18,20). The number of fused-ring (bicyclic) bond motifs is 1. The monoisotopic (exact) mass is 329 g/mol. The van der Waals surface area contributed by atoms with Gasteiger partial charge in [-0.25, -0.2) is 4.98 Å². The highest BCUT2D eigenvalue weighted by Gasteiger charge is 2.13. The predicted octanol–water partition coefficient (Wildman–Crippen LogP) is 3.66. The summed E-state index contributed by atoms with van der Waals surface area (Å²) in [6.45, 7) is 1.91. The third-order valence-corrected chi connectivity index (χ3v) is 3.66. The summed E-state index contributed by atoms with van der Waals surface area (Å²) in [4.78, 5) is 16.8. The molecule has 3 aromatic rings. The maximum Gasteiger partial charge on any atom is 0.259 e. The molecule has 100 valence electrons. The van der Waals surface area contributed by atoms with Gasteiger partial charge >= 0.3 is 0 Å². The SMILES string of the molecule is Cc1cn2cccc(C(=O)Nc3ccccc3Br)c2n1. The van der Waals surface area contributed by atoms with Gasteiger partial charge in [-0.05, 0) is 47.1 Å². The van der Waals surface area contributed by atoms with Crippen LogP contribution in [0.4, 0.5) is 5.69 Å². The summed E-state index contributed by atoms with van der Waals surface area (Å²) in [6.07, 6.45) is 3.77. The van der Waals surface area contributed by atoms with E-state index in [4.69, 9.17) is 0 Å². The highest BCUT2D eigenvalue weighted by atomic mass is 79.9. The third kappa shape index (κ3) is 2.32. The summed E-state index contributed by atoms with van der Waals surface area (Å²) in [6, 6.07) is 11.1. The molecule has 0 atom stereocenters. The Morgan fingerprint density at radius 2 is 2.05 bits per heavy atom. The smallest absolute Gasteiger partial charge is 0.259 e. The molecule has 3 rings (SSSR count). The number of amides is 1. The van der Waals surface area contributed by atoms with E-state index in [1.807, 2.05) is 54.0 Å². The number of nitrogens with zero attached hydrogens (tertiary/aromatic N) is 2. The Morgan fingerprint density at radius 1 is 1.25 bits per heavy atom. The fourth-order valence-electron chi connectivity index (χ4n) is 2.06. The number of para-hydroxylation sites is 1. The van der Waals surface area contributed by atoms with E-state index in [-0.39, 0.29) is 5.91 Å². The quantitative estimate of drug-likeness (QED) is 0.779. The van der Waals surface area contributed by atoms with Gasteiger partial charge in [0.2, 0.25) is 0 Å². The molecule has 0 aliphatic rings. The molecule has 0 radical (unpaired) electrons. The number of rotatable bonds is 2. The van der Waals surface area contributed by atoms with Crippen LogP contribution in [-0.4, -0.2) is 15.3 Å². The average Bonchev–Trinajstić information content (AvgIpc) is 2.81. The van der Waals surface area contributed by atoms with Gasteiger partial charge in [-0.15, -0.1) is 0 Å². The number of halogens is 1. The van der Waals surface area contributed by atoms with Crippen molar-refractivity contribution in [3.63, 3.8) is 0 Å². The zero-order valence-corrected chi connectivity index (χ0v) is 12.4. The Hall–Kier alpha value is -2.14. The normalized spacial score (nSPS) is 10.7. The highest BCUT2D eigenvalue weighted by molar-refractivity contribution is 9.10. The fourth-order valence-corrected chi connectivity index (χ4v) is 2.45. The number of anilines is 1.